The number of carbonyl (C=O) groups is 1. The molecule has 0 saturated carbocycles. The van der Waals surface area contributed by atoms with E-state index in [-0.39, 0.29) is 11.9 Å². The first-order chi connectivity index (χ1) is 9.75. The molecule has 0 bridgehead atoms. The van der Waals surface area contributed by atoms with Crippen molar-refractivity contribution in [3.63, 3.8) is 0 Å². The molecule has 4 heteroatoms. The van der Waals surface area contributed by atoms with Crippen LogP contribution in [-0.2, 0) is 16.1 Å². The molecule has 20 heavy (non-hydrogen) atoms. The third kappa shape index (κ3) is 4.70. The Hall–Kier alpha value is -1.81. The lowest BCUT2D eigenvalue weighted by molar-refractivity contribution is -0.148. The average molecular weight is 287 g/mol. The van der Waals surface area contributed by atoms with E-state index in [1.54, 1.807) is 18.0 Å². The first kappa shape index (κ1) is 14.6. The summed E-state index contributed by atoms with van der Waals surface area (Å²) in [6, 6.07) is 15.5. The molecular weight excluding hydrogens is 270 g/mol. The fourth-order valence-corrected chi connectivity index (χ4v) is 2.45. The molecule has 1 aromatic heterocycles. The van der Waals surface area contributed by atoms with Gasteiger partial charge in [-0.1, -0.05) is 43.3 Å². The zero-order valence-corrected chi connectivity index (χ0v) is 12.2. The van der Waals surface area contributed by atoms with Crippen LogP contribution in [0.1, 0.15) is 12.5 Å². The normalized spacial score (nSPS) is 11.8. The molecule has 0 aliphatic carbocycles. The van der Waals surface area contributed by atoms with Crippen LogP contribution in [0.4, 0.5) is 0 Å². The van der Waals surface area contributed by atoms with E-state index in [0.717, 1.165) is 10.6 Å². The first-order valence-electron chi connectivity index (χ1n) is 6.50. The van der Waals surface area contributed by atoms with Gasteiger partial charge in [-0.3, -0.25) is 4.79 Å². The number of carbonyl (C=O) groups excluding carboxylic acids is 1. The van der Waals surface area contributed by atoms with Gasteiger partial charge >= 0.3 is 5.97 Å². The molecule has 1 unspecified atom stereocenters. The molecule has 1 aromatic carbocycles. The Kier molecular flexibility index (Phi) is 5.62. The number of benzene rings is 1. The summed E-state index contributed by atoms with van der Waals surface area (Å²) in [5.74, 6) is 0.355. The number of hydrogen-bond acceptors (Lipinski definition) is 4. The number of rotatable bonds is 6. The first-order valence-corrected chi connectivity index (χ1v) is 7.48. The van der Waals surface area contributed by atoms with E-state index >= 15 is 0 Å². The number of esters is 1. The third-order valence-electron chi connectivity index (χ3n) is 2.75. The summed E-state index contributed by atoms with van der Waals surface area (Å²) in [5, 5.41) is 0.926. The topological polar surface area (TPSA) is 39.2 Å². The van der Waals surface area contributed by atoms with Crippen molar-refractivity contribution in [2.75, 3.05) is 5.75 Å². The quantitative estimate of drug-likeness (QED) is 0.601. The van der Waals surface area contributed by atoms with Crippen molar-refractivity contribution in [3.05, 3.63) is 60.3 Å². The van der Waals surface area contributed by atoms with Gasteiger partial charge in [0.1, 0.15) is 6.61 Å². The predicted octanol–water partition coefficient (Wildman–Crippen LogP) is 3.55. The van der Waals surface area contributed by atoms with Crippen LogP contribution in [0.2, 0.25) is 0 Å². The number of aromatic nitrogens is 1. The summed E-state index contributed by atoms with van der Waals surface area (Å²) < 4.78 is 5.31. The molecule has 0 radical (unpaired) electrons. The lowest BCUT2D eigenvalue weighted by atomic mass is 10.2. The van der Waals surface area contributed by atoms with Crippen LogP contribution in [0, 0.1) is 5.92 Å². The maximum Gasteiger partial charge on any atom is 0.309 e. The molecule has 1 heterocycles. The maximum absolute atomic E-state index is 11.9. The van der Waals surface area contributed by atoms with Gasteiger partial charge in [0.2, 0.25) is 0 Å². The van der Waals surface area contributed by atoms with E-state index < -0.39 is 0 Å². The van der Waals surface area contributed by atoms with Gasteiger partial charge in [-0.25, -0.2) is 4.98 Å². The van der Waals surface area contributed by atoms with Gasteiger partial charge < -0.3 is 4.74 Å². The zero-order valence-electron chi connectivity index (χ0n) is 11.4. The van der Waals surface area contributed by atoms with Gasteiger partial charge in [0.05, 0.1) is 10.9 Å². The Bertz CT molecular complexity index is 531. The Labute approximate surface area is 123 Å². The van der Waals surface area contributed by atoms with Gasteiger partial charge in [0, 0.05) is 11.9 Å². The van der Waals surface area contributed by atoms with E-state index in [2.05, 4.69) is 4.98 Å². The minimum Gasteiger partial charge on any atom is -0.461 e. The van der Waals surface area contributed by atoms with E-state index in [1.807, 2.05) is 55.5 Å². The number of nitrogens with zero attached hydrogens (tertiary/aromatic N) is 1. The van der Waals surface area contributed by atoms with E-state index in [4.69, 9.17) is 4.74 Å². The van der Waals surface area contributed by atoms with Crippen molar-refractivity contribution in [1.82, 2.24) is 4.98 Å². The number of ether oxygens (including phenoxy) is 1. The lowest BCUT2D eigenvalue weighted by Crippen LogP contribution is -2.16. The van der Waals surface area contributed by atoms with Gasteiger partial charge in [0.25, 0.3) is 0 Å². The van der Waals surface area contributed by atoms with Crippen molar-refractivity contribution < 1.29 is 9.53 Å². The monoisotopic (exact) mass is 287 g/mol. The molecule has 0 spiro atoms. The molecule has 104 valence electrons. The second-order valence-electron chi connectivity index (χ2n) is 4.47. The highest BCUT2D eigenvalue weighted by atomic mass is 32.2. The fraction of sp³-hybridized carbons (Fsp3) is 0.250. The molecular formula is C16H17NO2S. The minimum atomic E-state index is -0.169. The zero-order chi connectivity index (χ0) is 14.2. The molecule has 1 atom stereocenters. The van der Waals surface area contributed by atoms with Crippen molar-refractivity contribution in [1.29, 1.82) is 0 Å². The number of hydrogen-bond donors (Lipinski definition) is 0. The fourth-order valence-electron chi connectivity index (χ4n) is 1.58. The highest BCUT2D eigenvalue weighted by Crippen LogP contribution is 2.18. The molecule has 0 fully saturated rings. The van der Waals surface area contributed by atoms with Crippen LogP contribution in [0.5, 0.6) is 0 Å². The van der Waals surface area contributed by atoms with Gasteiger partial charge in [-0.05, 0) is 17.7 Å². The summed E-state index contributed by atoms with van der Waals surface area (Å²) in [6.07, 6.45) is 1.75. The lowest BCUT2D eigenvalue weighted by Gasteiger charge is -2.11. The molecule has 0 N–H and O–H groups in total. The molecule has 3 nitrogen and oxygen atoms in total. The summed E-state index contributed by atoms with van der Waals surface area (Å²) in [4.78, 5) is 16.1. The Balaban J connectivity index is 1.75. The van der Waals surface area contributed by atoms with Gasteiger partial charge in [0.15, 0.2) is 0 Å². The number of pyridine rings is 1. The molecule has 2 rings (SSSR count). The Morgan fingerprint density at radius 3 is 2.65 bits per heavy atom. The minimum absolute atomic E-state index is 0.147. The average Bonchev–Trinajstić information content (AvgIpc) is 2.52. The summed E-state index contributed by atoms with van der Waals surface area (Å²) in [7, 11) is 0. The van der Waals surface area contributed by atoms with Crippen LogP contribution < -0.4 is 0 Å². The summed E-state index contributed by atoms with van der Waals surface area (Å²) in [5.41, 5.74) is 1.01. The van der Waals surface area contributed by atoms with Crippen molar-refractivity contribution in [3.8, 4) is 0 Å². The van der Waals surface area contributed by atoms with E-state index in [0.29, 0.717) is 12.4 Å². The highest BCUT2D eigenvalue weighted by molar-refractivity contribution is 7.99. The van der Waals surface area contributed by atoms with Gasteiger partial charge in [-0.2, -0.15) is 0 Å². The van der Waals surface area contributed by atoms with E-state index in [1.165, 1.54) is 0 Å². The van der Waals surface area contributed by atoms with Crippen molar-refractivity contribution >= 4 is 17.7 Å². The third-order valence-corrected chi connectivity index (χ3v) is 3.95. The SMILES string of the molecule is CC(CSc1ccccn1)C(=O)OCc1ccccc1. The number of thioether (sulfide) groups is 1. The second-order valence-corrected chi connectivity index (χ2v) is 5.51. The maximum atomic E-state index is 11.9. The molecule has 0 aliphatic heterocycles. The van der Waals surface area contributed by atoms with Crippen LogP contribution in [0.15, 0.2) is 59.8 Å². The largest absolute Gasteiger partial charge is 0.461 e. The molecule has 0 amide bonds. The molecule has 0 saturated heterocycles. The highest BCUT2D eigenvalue weighted by Gasteiger charge is 2.15. The Morgan fingerprint density at radius 1 is 1.20 bits per heavy atom. The van der Waals surface area contributed by atoms with Crippen LogP contribution >= 0.6 is 11.8 Å². The summed E-state index contributed by atoms with van der Waals surface area (Å²) >= 11 is 1.57. The Morgan fingerprint density at radius 2 is 1.95 bits per heavy atom. The van der Waals surface area contributed by atoms with Crippen molar-refractivity contribution in [2.24, 2.45) is 5.92 Å². The molecule has 2 aromatic rings. The smallest absolute Gasteiger partial charge is 0.309 e. The second kappa shape index (κ2) is 7.70. The van der Waals surface area contributed by atoms with Crippen LogP contribution in [-0.4, -0.2) is 16.7 Å². The predicted molar refractivity (Wildman–Crippen MR) is 80.4 cm³/mol. The van der Waals surface area contributed by atoms with Crippen molar-refractivity contribution in [2.45, 2.75) is 18.6 Å². The van der Waals surface area contributed by atoms with Crippen LogP contribution in [0.3, 0.4) is 0 Å². The molecule has 0 aliphatic rings. The van der Waals surface area contributed by atoms with Gasteiger partial charge in [-0.15, -0.1) is 11.8 Å². The van der Waals surface area contributed by atoms with Crippen LogP contribution in [0.25, 0.3) is 0 Å². The van der Waals surface area contributed by atoms with E-state index in [9.17, 15) is 4.79 Å². The summed E-state index contributed by atoms with van der Waals surface area (Å²) in [6.45, 7) is 2.21. The standard InChI is InChI=1S/C16H17NO2S/c1-13(12-20-15-9-5-6-10-17-15)16(18)19-11-14-7-3-2-4-8-14/h2-10,13H,11-12H2,1H3.